The molecule has 0 saturated heterocycles. The molecule has 0 atom stereocenters. The van der Waals surface area contributed by atoms with Gasteiger partial charge < -0.3 is 0 Å². The maximum absolute atomic E-state index is 8.82. The molecule has 0 aromatic carbocycles. The minimum atomic E-state index is -5.25. The Morgan fingerprint density at radius 3 is 1.00 bits per heavy atom. The third-order valence-electron chi connectivity index (χ3n) is 0. The van der Waals surface area contributed by atoms with E-state index >= 15 is 0 Å². The van der Waals surface area contributed by atoms with Crippen molar-refractivity contribution in [1.82, 2.24) is 0 Å². The molecular weight excluding hydrogens is 130 g/mol. The molecule has 0 rings (SSSR count). The molecule has 0 fully saturated rings. The topological polar surface area (TPSA) is 74.6 Å². The first-order valence-electron chi connectivity index (χ1n) is 0.698. The molecule has 2 N–H and O–H groups in total. The molecule has 7 heteroatoms. The molecule has 0 aliphatic heterocycles. The normalized spacial score (nSPS) is 8.29. The summed E-state index contributed by atoms with van der Waals surface area (Å²) < 4.78 is 31.9. The summed E-state index contributed by atoms with van der Waals surface area (Å²) in [4.78, 5) is 0. The van der Waals surface area contributed by atoms with Crippen molar-refractivity contribution in [3.8, 4) is 0 Å². The molecule has 0 aliphatic rings. The van der Waals surface area contributed by atoms with Gasteiger partial charge in [0, 0.05) is 37.7 Å². The summed E-state index contributed by atoms with van der Waals surface area (Å²) >= 11 is -5.25. The first-order chi connectivity index (χ1) is 2.00. The monoisotopic (exact) mass is 132 g/mol. The van der Waals surface area contributed by atoms with Crippen molar-refractivity contribution < 1.29 is 29.5 Å². The average Bonchev–Trinajstić information content (AvgIpc) is 0.722. The average molecular weight is 132 g/mol. The Hall–Kier alpha value is 1.25. The van der Waals surface area contributed by atoms with E-state index in [1.54, 1.807) is 0 Å². The van der Waals surface area contributed by atoms with Crippen LogP contribution in [-0.2, 0) is 21.2 Å². The predicted octanol–water partition coefficient (Wildman–Crippen LogP) is -2.12. The van der Waals surface area contributed by atoms with Crippen LogP contribution in [0, 0.1) is 0 Å². The summed E-state index contributed by atoms with van der Waals surface area (Å²) in [5, 5.41) is 0. The van der Waals surface area contributed by atoms with Crippen LogP contribution in [0.25, 0.3) is 0 Å². The molecule has 0 spiro atoms. The molecule has 34 valence electrons. The molecule has 0 aromatic heterocycles. The van der Waals surface area contributed by atoms with Crippen molar-refractivity contribution in [2.75, 3.05) is 0 Å². The molecule has 0 heterocycles. The molecule has 0 unspecified atom stereocenters. The molecule has 4 nitrogen and oxygen atoms in total. The zero-order chi connectivity index (χ0) is 4.50. The second kappa shape index (κ2) is 5.39. The first kappa shape index (κ1) is 15.7. The van der Waals surface area contributed by atoms with Gasteiger partial charge in [0.25, 0.3) is 0 Å². The Balaban J connectivity index is -0.0000000800. The van der Waals surface area contributed by atoms with E-state index in [-0.39, 0.29) is 37.7 Å². The van der Waals surface area contributed by atoms with Crippen LogP contribution >= 0.6 is 0 Å². The summed E-state index contributed by atoms with van der Waals surface area (Å²) in [6.45, 7) is 0. The van der Waals surface area contributed by atoms with E-state index < -0.39 is 13.6 Å². The molecule has 0 amide bonds. The van der Waals surface area contributed by atoms with Gasteiger partial charge in [0.1, 0.15) is 0 Å². The van der Waals surface area contributed by atoms with Crippen LogP contribution in [0.3, 0.4) is 0 Å². The zero-order valence-corrected chi connectivity index (χ0v) is 5.39. The van der Waals surface area contributed by atoms with Crippen LogP contribution in [0.5, 0.6) is 0 Å². The van der Waals surface area contributed by atoms with E-state index in [2.05, 4.69) is 0 Å². The standard InChI is InChI=1S/Cr.2Li.2H2O.2O/h;;;2*1H2;;/q+2;;;;;;/p-2. The fourth-order valence-electron chi connectivity index (χ4n) is 0. The van der Waals surface area contributed by atoms with Gasteiger partial charge in [-0.3, -0.25) is 0 Å². The Kier molecular flexibility index (Phi) is 12.1. The fourth-order valence-corrected chi connectivity index (χ4v) is 0. The van der Waals surface area contributed by atoms with Crippen LogP contribution in [0.15, 0.2) is 0 Å². The van der Waals surface area contributed by atoms with Crippen molar-refractivity contribution in [3.63, 3.8) is 0 Å². The third kappa shape index (κ3) is 128. The third-order valence-corrected chi connectivity index (χ3v) is 0. The van der Waals surface area contributed by atoms with E-state index in [1.807, 2.05) is 0 Å². The van der Waals surface area contributed by atoms with Crippen LogP contribution < -0.4 is 0 Å². The van der Waals surface area contributed by atoms with Gasteiger partial charge in [0.2, 0.25) is 0 Å². The van der Waals surface area contributed by atoms with Gasteiger partial charge >= 0.3 is 29.5 Å². The number of hydrogen-bond donors (Lipinski definition) is 2. The van der Waals surface area contributed by atoms with Crippen molar-refractivity contribution in [1.29, 1.82) is 0 Å². The zero-order valence-electron chi connectivity index (χ0n) is 4.12. The van der Waals surface area contributed by atoms with E-state index in [0.29, 0.717) is 0 Å². The van der Waals surface area contributed by atoms with E-state index in [1.165, 1.54) is 0 Å². The predicted molar refractivity (Wildman–Crippen MR) is 17.3 cm³/mol. The van der Waals surface area contributed by atoms with Crippen LogP contribution in [0.1, 0.15) is 0 Å². The van der Waals surface area contributed by atoms with Gasteiger partial charge in [0.15, 0.2) is 0 Å². The maximum atomic E-state index is 8.82. The molecule has 2 radical (unpaired) electrons. The summed E-state index contributed by atoms with van der Waals surface area (Å²) in [5.74, 6) is 0. The van der Waals surface area contributed by atoms with Gasteiger partial charge in [-0.2, -0.15) is 0 Å². The van der Waals surface area contributed by atoms with Gasteiger partial charge in [-0.25, -0.2) is 0 Å². The first-order valence-corrected chi connectivity index (χ1v) is 2.88. The molecule has 0 bridgehead atoms. The number of rotatable bonds is 0. The summed E-state index contributed by atoms with van der Waals surface area (Å²) in [6.07, 6.45) is 0. The van der Waals surface area contributed by atoms with Gasteiger partial charge in [0.05, 0.1) is 0 Å². The Labute approximate surface area is 67.0 Å². The van der Waals surface area contributed by atoms with E-state index in [0.717, 1.165) is 0 Å². The fraction of sp³-hybridized carbons (Fsp3) is 0. The SMILES string of the molecule is [Li].[Li].[O]=[Cr](=[O])([OH])[OH]. The van der Waals surface area contributed by atoms with Crippen molar-refractivity contribution >= 4 is 37.7 Å². The number of hydrogen-bond acceptors (Lipinski definition) is 2. The van der Waals surface area contributed by atoms with E-state index in [9.17, 15) is 0 Å². The van der Waals surface area contributed by atoms with E-state index in [4.69, 9.17) is 15.9 Å². The minimum absolute atomic E-state index is 0. The van der Waals surface area contributed by atoms with Gasteiger partial charge in [-0.05, 0) is 0 Å². The quantitative estimate of drug-likeness (QED) is 0.369. The molecule has 7 heavy (non-hydrogen) atoms. The van der Waals surface area contributed by atoms with Crippen LogP contribution in [0.4, 0.5) is 0 Å². The van der Waals surface area contributed by atoms with Gasteiger partial charge in [-0.15, -0.1) is 0 Å². The Bertz CT molecular complexity index is 92.9. The Morgan fingerprint density at radius 2 is 1.00 bits per heavy atom. The second-order valence-corrected chi connectivity index (χ2v) is 1.85. The molecule has 0 aliphatic carbocycles. The summed E-state index contributed by atoms with van der Waals surface area (Å²) in [7, 11) is 0. The Morgan fingerprint density at radius 1 is 1.00 bits per heavy atom. The van der Waals surface area contributed by atoms with Crippen molar-refractivity contribution in [2.24, 2.45) is 0 Å². The molecule has 0 saturated carbocycles. The van der Waals surface area contributed by atoms with Crippen molar-refractivity contribution in [3.05, 3.63) is 0 Å². The van der Waals surface area contributed by atoms with Crippen LogP contribution in [0.2, 0.25) is 0 Å². The second-order valence-electron chi connectivity index (χ2n) is 0.448. The summed E-state index contributed by atoms with van der Waals surface area (Å²) in [6, 6.07) is 0. The summed E-state index contributed by atoms with van der Waals surface area (Å²) in [5.41, 5.74) is 0. The molecule has 0 aromatic rings. The van der Waals surface area contributed by atoms with Crippen LogP contribution in [-0.4, -0.2) is 46.0 Å². The molecular formula is H2CrLi2O4. The van der Waals surface area contributed by atoms with Gasteiger partial charge in [-0.1, -0.05) is 0 Å². The van der Waals surface area contributed by atoms with Crippen molar-refractivity contribution in [2.45, 2.75) is 0 Å².